The summed E-state index contributed by atoms with van der Waals surface area (Å²) in [6, 6.07) is 16.3. The molecule has 2 N–H and O–H groups in total. The maximum absolute atomic E-state index is 10.5. The average Bonchev–Trinajstić information content (AvgIpc) is 2.55. The predicted octanol–water partition coefficient (Wildman–Crippen LogP) is 2.74. The maximum Gasteiger partial charge on any atom is 0.294 e. The highest BCUT2D eigenvalue weighted by molar-refractivity contribution is 7.85. The number of rotatable bonds is 6. The molecule has 0 amide bonds. The van der Waals surface area contributed by atoms with Gasteiger partial charge in [-0.25, -0.2) is 0 Å². The van der Waals surface area contributed by atoms with Crippen LogP contribution in [0.3, 0.4) is 0 Å². The molecule has 0 aliphatic heterocycles. The molecule has 0 radical (unpaired) electrons. The van der Waals surface area contributed by atoms with Crippen molar-refractivity contribution >= 4 is 10.1 Å². The zero-order valence-corrected chi connectivity index (χ0v) is 14.9. The summed E-state index contributed by atoms with van der Waals surface area (Å²) in [4.78, 5) is 2.15. The number of aliphatic hydroxyl groups excluding tert-OH is 1. The third-order valence-electron chi connectivity index (χ3n) is 3.43. The van der Waals surface area contributed by atoms with Crippen LogP contribution in [0.15, 0.2) is 59.5 Å². The number of benzene rings is 2. The summed E-state index contributed by atoms with van der Waals surface area (Å²) in [6.45, 7) is 6.85. The molecule has 0 atom stereocenters. The molecule has 6 heteroatoms. The maximum atomic E-state index is 10.5. The predicted molar refractivity (Wildman–Crippen MR) is 95.5 cm³/mol. The molecule has 0 spiro atoms. The summed E-state index contributed by atoms with van der Waals surface area (Å²) in [5, 5.41) is 8.80. The van der Waals surface area contributed by atoms with Crippen molar-refractivity contribution in [2.75, 3.05) is 19.7 Å². The van der Waals surface area contributed by atoms with Crippen LogP contribution < -0.4 is 0 Å². The number of aliphatic hydroxyl groups is 1. The molecule has 0 unspecified atom stereocenters. The summed E-state index contributed by atoms with van der Waals surface area (Å²) in [5.74, 6) is 0. The van der Waals surface area contributed by atoms with Gasteiger partial charge in [-0.05, 0) is 31.2 Å². The van der Waals surface area contributed by atoms with E-state index in [-0.39, 0.29) is 11.5 Å². The first kappa shape index (κ1) is 20.3. The highest BCUT2D eigenvalue weighted by atomic mass is 32.2. The van der Waals surface area contributed by atoms with E-state index in [1.54, 1.807) is 12.1 Å². The molecule has 0 aromatic heterocycles. The summed E-state index contributed by atoms with van der Waals surface area (Å²) >= 11 is 0. The van der Waals surface area contributed by atoms with Gasteiger partial charge >= 0.3 is 0 Å². The minimum Gasteiger partial charge on any atom is -0.395 e. The van der Waals surface area contributed by atoms with Crippen molar-refractivity contribution in [3.8, 4) is 0 Å². The van der Waals surface area contributed by atoms with Crippen LogP contribution in [0, 0.1) is 6.92 Å². The van der Waals surface area contributed by atoms with Crippen LogP contribution in [-0.2, 0) is 16.7 Å². The molecule has 0 aliphatic carbocycles. The van der Waals surface area contributed by atoms with Crippen LogP contribution in [-0.4, -0.2) is 42.7 Å². The van der Waals surface area contributed by atoms with Gasteiger partial charge in [0.1, 0.15) is 0 Å². The van der Waals surface area contributed by atoms with E-state index in [0.717, 1.165) is 25.2 Å². The van der Waals surface area contributed by atoms with E-state index in [4.69, 9.17) is 9.66 Å². The van der Waals surface area contributed by atoms with E-state index >= 15 is 0 Å². The summed E-state index contributed by atoms with van der Waals surface area (Å²) in [6.07, 6.45) is 0. The number of aryl methyl sites for hydroxylation is 1. The molecule has 0 heterocycles. The van der Waals surface area contributed by atoms with Gasteiger partial charge in [-0.15, -0.1) is 0 Å². The molecule has 2 rings (SSSR count). The lowest BCUT2D eigenvalue weighted by Gasteiger charge is -2.18. The Morgan fingerprint density at radius 2 is 1.58 bits per heavy atom. The van der Waals surface area contributed by atoms with Crippen molar-refractivity contribution in [3.63, 3.8) is 0 Å². The van der Waals surface area contributed by atoms with Crippen LogP contribution in [0.5, 0.6) is 0 Å². The molecule has 5 nitrogen and oxygen atoms in total. The normalized spacial score (nSPS) is 11.0. The van der Waals surface area contributed by atoms with Gasteiger partial charge in [0, 0.05) is 13.1 Å². The van der Waals surface area contributed by atoms with Crippen molar-refractivity contribution in [2.24, 2.45) is 0 Å². The van der Waals surface area contributed by atoms with Crippen molar-refractivity contribution in [2.45, 2.75) is 25.3 Å². The smallest absolute Gasteiger partial charge is 0.294 e. The highest BCUT2D eigenvalue weighted by Crippen LogP contribution is 2.08. The van der Waals surface area contributed by atoms with Gasteiger partial charge in [-0.1, -0.05) is 55.0 Å². The van der Waals surface area contributed by atoms with E-state index < -0.39 is 10.1 Å². The lowest BCUT2D eigenvalue weighted by atomic mass is 10.2. The molecule has 132 valence electrons. The Morgan fingerprint density at radius 1 is 1.00 bits per heavy atom. The van der Waals surface area contributed by atoms with Gasteiger partial charge in [-0.2, -0.15) is 8.42 Å². The Hall–Kier alpha value is -1.73. The average molecular weight is 351 g/mol. The van der Waals surface area contributed by atoms with Gasteiger partial charge in [0.05, 0.1) is 11.5 Å². The summed E-state index contributed by atoms with van der Waals surface area (Å²) in [5.41, 5.74) is 2.26. The van der Waals surface area contributed by atoms with Crippen LogP contribution in [0.2, 0.25) is 0 Å². The monoisotopic (exact) mass is 351 g/mol. The highest BCUT2D eigenvalue weighted by Gasteiger charge is 2.06. The Kier molecular flexibility index (Phi) is 8.63. The van der Waals surface area contributed by atoms with Gasteiger partial charge < -0.3 is 5.11 Å². The Morgan fingerprint density at radius 3 is 2.04 bits per heavy atom. The van der Waals surface area contributed by atoms with Crippen molar-refractivity contribution < 1.29 is 18.1 Å². The molecular weight excluding hydrogens is 326 g/mol. The second-order valence-electron chi connectivity index (χ2n) is 5.37. The zero-order chi connectivity index (χ0) is 18.0. The Labute approximate surface area is 144 Å². The lowest BCUT2D eigenvalue weighted by Crippen LogP contribution is -2.25. The molecule has 0 saturated heterocycles. The Bertz CT molecular complexity index is 685. The fourth-order valence-corrected chi connectivity index (χ4v) is 2.52. The minimum absolute atomic E-state index is 0.0666. The standard InChI is InChI=1S/C11H17NO.C7H8O3S/c1-2-12(8-9-13)10-11-6-4-3-5-7-11;1-6-2-4-7(5-3-6)11(8,9)10/h3-7,13H,2,8-10H2,1H3;2-5H,1H3,(H,8,9,10). The van der Waals surface area contributed by atoms with Crippen LogP contribution in [0.1, 0.15) is 18.1 Å². The molecule has 0 aliphatic rings. The Balaban J connectivity index is 0.000000243. The number of hydrogen-bond donors (Lipinski definition) is 2. The molecule has 0 fully saturated rings. The van der Waals surface area contributed by atoms with Crippen molar-refractivity contribution in [1.82, 2.24) is 4.90 Å². The first-order chi connectivity index (χ1) is 11.4. The third-order valence-corrected chi connectivity index (χ3v) is 4.30. The molecule has 0 saturated carbocycles. The molecule has 24 heavy (non-hydrogen) atoms. The number of likely N-dealkylation sites (N-methyl/N-ethyl adjacent to an activating group) is 1. The molecule has 0 bridgehead atoms. The lowest BCUT2D eigenvalue weighted by molar-refractivity contribution is 0.197. The van der Waals surface area contributed by atoms with Gasteiger partial charge in [-0.3, -0.25) is 9.45 Å². The zero-order valence-electron chi connectivity index (χ0n) is 14.1. The molecule has 2 aromatic rings. The third kappa shape index (κ3) is 7.70. The van der Waals surface area contributed by atoms with Crippen molar-refractivity contribution in [1.29, 1.82) is 0 Å². The van der Waals surface area contributed by atoms with Crippen LogP contribution >= 0.6 is 0 Å². The summed E-state index contributed by atoms with van der Waals surface area (Å²) < 4.78 is 29.6. The number of hydrogen-bond acceptors (Lipinski definition) is 4. The minimum atomic E-state index is -4.02. The van der Waals surface area contributed by atoms with Gasteiger partial charge in [0.2, 0.25) is 0 Å². The fraction of sp³-hybridized carbons (Fsp3) is 0.333. The topological polar surface area (TPSA) is 77.8 Å². The van der Waals surface area contributed by atoms with Crippen LogP contribution in [0.25, 0.3) is 0 Å². The number of nitrogens with zero attached hydrogens (tertiary/aromatic N) is 1. The SMILES string of the molecule is CCN(CCO)Cc1ccccc1.Cc1ccc(S(=O)(=O)O)cc1. The van der Waals surface area contributed by atoms with Crippen LogP contribution in [0.4, 0.5) is 0 Å². The quantitative estimate of drug-likeness (QED) is 0.783. The molecule has 2 aromatic carbocycles. The van der Waals surface area contributed by atoms with E-state index in [1.807, 2.05) is 25.1 Å². The largest absolute Gasteiger partial charge is 0.395 e. The first-order valence-corrected chi connectivity index (χ1v) is 9.22. The van der Waals surface area contributed by atoms with E-state index in [2.05, 4.69) is 24.0 Å². The van der Waals surface area contributed by atoms with Gasteiger partial charge in [0.15, 0.2) is 0 Å². The van der Waals surface area contributed by atoms with Gasteiger partial charge in [0.25, 0.3) is 10.1 Å². The van der Waals surface area contributed by atoms with E-state index in [9.17, 15) is 8.42 Å². The van der Waals surface area contributed by atoms with E-state index in [1.165, 1.54) is 17.7 Å². The molecular formula is C18H25NO4S. The fourth-order valence-electron chi connectivity index (χ4n) is 2.04. The van der Waals surface area contributed by atoms with E-state index in [0.29, 0.717) is 0 Å². The van der Waals surface area contributed by atoms with Crippen molar-refractivity contribution in [3.05, 3.63) is 65.7 Å². The first-order valence-electron chi connectivity index (χ1n) is 7.78. The summed E-state index contributed by atoms with van der Waals surface area (Å²) in [7, 11) is -4.02. The second-order valence-corrected chi connectivity index (χ2v) is 6.79. The second kappa shape index (κ2) is 10.2.